The van der Waals surface area contributed by atoms with E-state index in [4.69, 9.17) is 0 Å². The molecule has 3 rings (SSSR count). The number of aryl methyl sites for hydroxylation is 1. The van der Waals surface area contributed by atoms with E-state index in [0.717, 1.165) is 26.0 Å². The first-order valence-corrected chi connectivity index (χ1v) is 6.98. The Morgan fingerprint density at radius 3 is 2.94 bits per heavy atom. The molecule has 0 aliphatic carbocycles. The Balaban J connectivity index is 2.22. The smallest absolute Gasteiger partial charge is 0.129 e. The molecule has 0 saturated carbocycles. The minimum atomic E-state index is -0.256. The number of benzene rings is 1. The van der Waals surface area contributed by atoms with Crippen molar-refractivity contribution in [3.8, 4) is 10.6 Å². The molecule has 1 N–H and O–H groups in total. The predicted octanol–water partition coefficient (Wildman–Crippen LogP) is 3.91. The molecule has 0 spiro atoms. The average Bonchev–Trinajstić information content (AvgIpc) is 2.91. The van der Waals surface area contributed by atoms with Crippen LogP contribution in [0.3, 0.4) is 0 Å². The molecular formula is C12H10FN3S2. The zero-order valence-corrected chi connectivity index (χ0v) is 11.5. The van der Waals surface area contributed by atoms with Crippen molar-refractivity contribution >= 4 is 38.1 Å². The third-order valence-electron chi connectivity index (χ3n) is 2.65. The molecule has 2 aromatic heterocycles. The molecule has 3 nitrogen and oxygen atoms in total. The molecule has 0 saturated heterocycles. The fraction of sp³-hybridized carbons (Fsp3) is 0.167. The van der Waals surface area contributed by atoms with Gasteiger partial charge in [-0.25, -0.2) is 9.37 Å². The summed E-state index contributed by atoms with van der Waals surface area (Å²) in [7, 11) is 1.86. The highest BCUT2D eigenvalue weighted by atomic mass is 32.1. The Morgan fingerprint density at radius 2 is 2.17 bits per heavy atom. The minimum absolute atomic E-state index is 0.256. The number of fused-ring (bicyclic) bond motifs is 1. The summed E-state index contributed by atoms with van der Waals surface area (Å²) in [5, 5.41) is 4.99. The number of anilines is 1. The third kappa shape index (κ3) is 1.77. The fourth-order valence-corrected chi connectivity index (χ4v) is 3.66. The first kappa shape index (κ1) is 11.6. The Bertz CT molecular complexity index is 717. The molecule has 0 amide bonds. The number of rotatable bonds is 2. The van der Waals surface area contributed by atoms with Crippen molar-refractivity contribution < 1.29 is 4.39 Å². The number of aromatic nitrogens is 2. The summed E-state index contributed by atoms with van der Waals surface area (Å²) in [4.78, 5) is 4.49. The second kappa shape index (κ2) is 4.29. The van der Waals surface area contributed by atoms with E-state index >= 15 is 0 Å². The Kier molecular flexibility index (Phi) is 2.76. The first-order valence-electron chi connectivity index (χ1n) is 5.39. The minimum Gasteiger partial charge on any atom is -0.378 e. The van der Waals surface area contributed by atoms with E-state index in [1.165, 1.54) is 23.7 Å². The van der Waals surface area contributed by atoms with E-state index in [1.807, 2.05) is 14.0 Å². The molecule has 1 aromatic carbocycles. The molecule has 3 aromatic rings. The topological polar surface area (TPSA) is 37.8 Å². The number of halogens is 1. The molecule has 92 valence electrons. The number of nitrogens with one attached hydrogen (secondary N) is 1. The van der Waals surface area contributed by atoms with Gasteiger partial charge in [0.05, 0.1) is 21.5 Å². The maximum absolute atomic E-state index is 13.2. The highest BCUT2D eigenvalue weighted by molar-refractivity contribution is 7.22. The van der Waals surface area contributed by atoms with Crippen LogP contribution in [-0.2, 0) is 0 Å². The Morgan fingerprint density at radius 1 is 1.33 bits per heavy atom. The summed E-state index contributed by atoms with van der Waals surface area (Å²) in [6.07, 6.45) is 0. The molecule has 0 atom stereocenters. The van der Waals surface area contributed by atoms with Crippen LogP contribution in [0.5, 0.6) is 0 Å². The Labute approximate surface area is 111 Å². The lowest BCUT2D eigenvalue weighted by Crippen LogP contribution is -1.87. The predicted molar refractivity (Wildman–Crippen MR) is 75.0 cm³/mol. The van der Waals surface area contributed by atoms with Gasteiger partial charge in [-0.05, 0) is 30.6 Å². The highest BCUT2D eigenvalue weighted by Gasteiger charge is 2.16. The van der Waals surface area contributed by atoms with Crippen LogP contribution < -0.4 is 5.32 Å². The molecule has 0 fully saturated rings. The summed E-state index contributed by atoms with van der Waals surface area (Å²) in [5.41, 5.74) is 2.66. The van der Waals surface area contributed by atoms with Gasteiger partial charge in [-0.2, -0.15) is 4.37 Å². The summed E-state index contributed by atoms with van der Waals surface area (Å²) < 4.78 is 18.5. The van der Waals surface area contributed by atoms with Crippen LogP contribution in [0.2, 0.25) is 0 Å². The second-order valence-corrected chi connectivity index (χ2v) is 5.66. The fourth-order valence-electron chi connectivity index (χ4n) is 1.80. The molecular weight excluding hydrogens is 269 g/mol. The largest absolute Gasteiger partial charge is 0.378 e. The van der Waals surface area contributed by atoms with Crippen molar-refractivity contribution in [3.63, 3.8) is 0 Å². The van der Waals surface area contributed by atoms with Crippen LogP contribution >= 0.6 is 22.9 Å². The zero-order chi connectivity index (χ0) is 12.7. The zero-order valence-electron chi connectivity index (χ0n) is 9.82. The van der Waals surface area contributed by atoms with Crippen molar-refractivity contribution in [1.82, 2.24) is 9.36 Å². The van der Waals surface area contributed by atoms with Crippen molar-refractivity contribution in [3.05, 3.63) is 29.7 Å². The quantitative estimate of drug-likeness (QED) is 0.773. The molecule has 0 bridgehead atoms. The monoisotopic (exact) mass is 279 g/mol. The van der Waals surface area contributed by atoms with Crippen molar-refractivity contribution in [2.24, 2.45) is 0 Å². The van der Waals surface area contributed by atoms with Crippen LogP contribution in [0, 0.1) is 12.7 Å². The molecule has 0 aliphatic rings. The lowest BCUT2D eigenvalue weighted by Gasteiger charge is -1.98. The molecule has 0 radical (unpaired) electrons. The van der Waals surface area contributed by atoms with Crippen molar-refractivity contribution in [1.29, 1.82) is 0 Å². The van der Waals surface area contributed by atoms with Gasteiger partial charge in [0.15, 0.2) is 0 Å². The molecule has 2 heterocycles. The maximum atomic E-state index is 13.2. The van der Waals surface area contributed by atoms with Gasteiger partial charge >= 0.3 is 0 Å². The Hall–Kier alpha value is -1.53. The number of hydrogen-bond donors (Lipinski definition) is 1. The summed E-state index contributed by atoms with van der Waals surface area (Å²) in [6.45, 7) is 1.96. The first-order chi connectivity index (χ1) is 8.69. The van der Waals surface area contributed by atoms with Crippen LogP contribution in [0.15, 0.2) is 18.2 Å². The number of thiazole rings is 1. The van der Waals surface area contributed by atoms with Gasteiger partial charge in [-0.3, -0.25) is 0 Å². The van der Waals surface area contributed by atoms with Gasteiger partial charge in [0, 0.05) is 13.1 Å². The second-order valence-electron chi connectivity index (χ2n) is 3.85. The van der Waals surface area contributed by atoms with E-state index in [2.05, 4.69) is 14.7 Å². The van der Waals surface area contributed by atoms with E-state index in [-0.39, 0.29) is 5.82 Å². The van der Waals surface area contributed by atoms with Gasteiger partial charge in [-0.15, -0.1) is 11.3 Å². The molecule has 6 heteroatoms. The molecule has 0 unspecified atom stereocenters. The van der Waals surface area contributed by atoms with Gasteiger partial charge in [0.1, 0.15) is 15.8 Å². The standard InChI is InChI=1S/C12H10FN3S2/c1-6-10(11(14-2)18-16-6)12-15-8-5-7(13)3-4-9(8)17-12/h3-5,14H,1-2H3. The van der Waals surface area contributed by atoms with Crippen molar-refractivity contribution in [2.45, 2.75) is 6.92 Å². The van der Waals surface area contributed by atoms with Crippen LogP contribution in [0.4, 0.5) is 9.39 Å². The van der Waals surface area contributed by atoms with Gasteiger partial charge in [-0.1, -0.05) is 0 Å². The maximum Gasteiger partial charge on any atom is 0.129 e. The lowest BCUT2D eigenvalue weighted by molar-refractivity contribution is 0.629. The van der Waals surface area contributed by atoms with Gasteiger partial charge in [0.25, 0.3) is 0 Å². The molecule has 18 heavy (non-hydrogen) atoms. The van der Waals surface area contributed by atoms with Crippen molar-refractivity contribution in [2.75, 3.05) is 12.4 Å². The lowest BCUT2D eigenvalue weighted by atomic mass is 10.2. The van der Waals surface area contributed by atoms with Crippen LogP contribution in [0.1, 0.15) is 5.69 Å². The molecule has 0 aliphatic heterocycles. The third-order valence-corrected chi connectivity index (χ3v) is 4.66. The van der Waals surface area contributed by atoms with E-state index < -0.39 is 0 Å². The van der Waals surface area contributed by atoms with E-state index in [1.54, 1.807) is 17.4 Å². The average molecular weight is 279 g/mol. The highest BCUT2D eigenvalue weighted by Crippen LogP contribution is 2.38. The van der Waals surface area contributed by atoms with Crippen LogP contribution in [0.25, 0.3) is 20.8 Å². The van der Waals surface area contributed by atoms with E-state index in [0.29, 0.717) is 5.52 Å². The normalized spacial score (nSPS) is 11.1. The van der Waals surface area contributed by atoms with Gasteiger partial charge < -0.3 is 5.32 Å². The summed E-state index contributed by atoms with van der Waals surface area (Å²) in [6, 6.07) is 4.69. The number of hydrogen-bond acceptors (Lipinski definition) is 5. The summed E-state index contributed by atoms with van der Waals surface area (Å²) in [5.74, 6) is -0.256. The van der Waals surface area contributed by atoms with Gasteiger partial charge in [0.2, 0.25) is 0 Å². The SMILES string of the molecule is CNc1snc(C)c1-c1nc2cc(F)ccc2s1. The van der Waals surface area contributed by atoms with Crippen LogP contribution in [-0.4, -0.2) is 16.4 Å². The summed E-state index contributed by atoms with van der Waals surface area (Å²) >= 11 is 2.97. The van der Waals surface area contributed by atoms with E-state index in [9.17, 15) is 4.39 Å². The number of nitrogens with zero attached hydrogens (tertiary/aromatic N) is 2.